The quantitative estimate of drug-likeness (QED) is 0.838. The summed E-state index contributed by atoms with van der Waals surface area (Å²) >= 11 is 5.83. The highest BCUT2D eigenvalue weighted by Gasteiger charge is 2.29. The summed E-state index contributed by atoms with van der Waals surface area (Å²) in [7, 11) is -1.81. The van der Waals surface area contributed by atoms with Crippen LogP contribution in [-0.2, 0) is 10.0 Å². The zero-order chi connectivity index (χ0) is 17.0. The van der Waals surface area contributed by atoms with Crippen molar-refractivity contribution in [1.29, 1.82) is 0 Å². The van der Waals surface area contributed by atoms with Crippen LogP contribution in [0.2, 0.25) is 5.02 Å². The van der Waals surface area contributed by atoms with E-state index in [1.54, 1.807) is 0 Å². The molecule has 1 aliphatic rings. The Bertz CT molecular complexity index is 635. The Hall–Kier alpha value is -0.960. The zero-order valence-corrected chi connectivity index (χ0v) is 14.2. The number of piperidine rings is 1. The van der Waals surface area contributed by atoms with Gasteiger partial charge in [-0.25, -0.2) is 8.42 Å². The van der Waals surface area contributed by atoms with E-state index in [4.69, 9.17) is 11.6 Å². The minimum Gasteiger partial charge on any atom is -0.433 e. The van der Waals surface area contributed by atoms with E-state index >= 15 is 0 Å². The second-order valence-electron chi connectivity index (χ2n) is 5.38. The van der Waals surface area contributed by atoms with Gasteiger partial charge in [-0.2, -0.15) is 13.1 Å². The molecule has 1 fully saturated rings. The molecule has 0 bridgehead atoms. The molecule has 5 nitrogen and oxygen atoms in total. The van der Waals surface area contributed by atoms with Crippen LogP contribution in [0.3, 0.4) is 0 Å². The first-order valence-electron chi connectivity index (χ1n) is 7.23. The second kappa shape index (κ2) is 7.74. The lowest BCUT2D eigenvalue weighted by molar-refractivity contribution is -0.0498. The molecule has 0 radical (unpaired) electrons. The monoisotopic (exact) mass is 368 g/mol. The third-order valence-corrected chi connectivity index (χ3v) is 6.01. The number of nitrogens with one attached hydrogen (secondary N) is 1. The van der Waals surface area contributed by atoms with Gasteiger partial charge in [0.2, 0.25) is 10.0 Å². The number of halogens is 3. The molecule has 1 N–H and O–H groups in total. The minimum atomic E-state index is -3.68. The molecule has 1 aromatic carbocycles. The number of alkyl halides is 2. The van der Waals surface area contributed by atoms with Crippen LogP contribution in [0.4, 0.5) is 8.78 Å². The van der Waals surface area contributed by atoms with Crippen molar-refractivity contribution >= 4 is 21.6 Å². The standard InChI is InChI=1S/C14H19ClF2N2O3S/c1-18-9-10-4-6-19(7-5-10)23(20,21)11-2-3-13(12(15)8-11)22-14(16)17/h2-3,8,10,14,18H,4-7,9H2,1H3. The Morgan fingerprint density at radius 2 is 2.04 bits per heavy atom. The Morgan fingerprint density at radius 3 is 2.57 bits per heavy atom. The number of hydrogen-bond acceptors (Lipinski definition) is 4. The fraction of sp³-hybridized carbons (Fsp3) is 0.571. The van der Waals surface area contributed by atoms with E-state index in [2.05, 4.69) is 10.1 Å². The minimum absolute atomic E-state index is 0.0174. The Kier molecular flexibility index (Phi) is 6.19. The normalized spacial score (nSPS) is 17.6. The fourth-order valence-corrected chi connectivity index (χ4v) is 4.41. The van der Waals surface area contributed by atoms with Gasteiger partial charge >= 0.3 is 6.61 Å². The van der Waals surface area contributed by atoms with Crippen LogP contribution in [0.5, 0.6) is 5.75 Å². The third kappa shape index (κ3) is 4.53. The number of benzene rings is 1. The molecule has 0 aromatic heterocycles. The van der Waals surface area contributed by atoms with Crippen LogP contribution in [0.1, 0.15) is 12.8 Å². The van der Waals surface area contributed by atoms with E-state index in [-0.39, 0.29) is 15.7 Å². The summed E-state index contributed by atoms with van der Waals surface area (Å²) in [5, 5.41) is 2.94. The molecule has 0 atom stereocenters. The molecule has 2 rings (SSSR count). The molecule has 130 valence electrons. The van der Waals surface area contributed by atoms with Crippen molar-refractivity contribution in [3.05, 3.63) is 23.2 Å². The first-order chi connectivity index (χ1) is 10.8. The third-order valence-electron chi connectivity index (χ3n) is 3.82. The van der Waals surface area contributed by atoms with Gasteiger partial charge in [-0.15, -0.1) is 0 Å². The Labute approximate surface area is 139 Å². The molecule has 0 spiro atoms. The molecule has 0 aliphatic carbocycles. The van der Waals surface area contributed by atoms with Crippen molar-refractivity contribution in [2.75, 3.05) is 26.7 Å². The van der Waals surface area contributed by atoms with E-state index in [0.29, 0.717) is 19.0 Å². The topological polar surface area (TPSA) is 58.6 Å². The first kappa shape index (κ1) is 18.4. The van der Waals surface area contributed by atoms with Crippen molar-refractivity contribution in [1.82, 2.24) is 9.62 Å². The van der Waals surface area contributed by atoms with Gasteiger partial charge in [-0.3, -0.25) is 0 Å². The average Bonchev–Trinajstić information content (AvgIpc) is 2.49. The maximum absolute atomic E-state index is 12.6. The summed E-state index contributed by atoms with van der Waals surface area (Å²) in [6.45, 7) is -1.29. The van der Waals surface area contributed by atoms with Gasteiger partial charge < -0.3 is 10.1 Å². The lowest BCUT2D eigenvalue weighted by Gasteiger charge is -2.31. The van der Waals surface area contributed by atoms with E-state index in [1.165, 1.54) is 10.4 Å². The van der Waals surface area contributed by atoms with Gasteiger partial charge in [0.05, 0.1) is 9.92 Å². The number of hydrogen-bond donors (Lipinski definition) is 1. The lowest BCUT2D eigenvalue weighted by Crippen LogP contribution is -2.40. The summed E-state index contributed by atoms with van der Waals surface area (Å²) in [6, 6.07) is 3.53. The van der Waals surface area contributed by atoms with Crippen LogP contribution in [-0.4, -0.2) is 46.0 Å². The second-order valence-corrected chi connectivity index (χ2v) is 7.72. The summed E-state index contributed by atoms with van der Waals surface area (Å²) in [5.41, 5.74) is 0. The van der Waals surface area contributed by atoms with Crippen LogP contribution in [0.15, 0.2) is 23.1 Å². The highest BCUT2D eigenvalue weighted by Crippen LogP contribution is 2.31. The van der Waals surface area contributed by atoms with Gasteiger partial charge in [0, 0.05) is 13.1 Å². The molecule has 1 aliphatic heterocycles. The summed E-state index contributed by atoms with van der Waals surface area (Å²) in [4.78, 5) is -0.0174. The van der Waals surface area contributed by atoms with Crippen LogP contribution in [0.25, 0.3) is 0 Å². The van der Waals surface area contributed by atoms with E-state index in [0.717, 1.165) is 31.5 Å². The van der Waals surface area contributed by atoms with Crippen molar-refractivity contribution in [3.8, 4) is 5.75 Å². The van der Waals surface area contributed by atoms with Crippen LogP contribution in [0, 0.1) is 5.92 Å². The van der Waals surface area contributed by atoms with Gasteiger partial charge in [0.25, 0.3) is 0 Å². The molecular weight excluding hydrogens is 350 g/mol. The molecule has 1 aromatic rings. The molecule has 1 heterocycles. The van der Waals surface area contributed by atoms with Gasteiger partial charge in [0.1, 0.15) is 5.75 Å². The number of nitrogens with zero attached hydrogens (tertiary/aromatic N) is 1. The summed E-state index contributed by atoms with van der Waals surface area (Å²) < 4.78 is 55.2. The van der Waals surface area contributed by atoms with E-state index in [9.17, 15) is 17.2 Å². The number of sulfonamides is 1. The molecule has 0 amide bonds. The number of ether oxygens (including phenoxy) is 1. The predicted octanol–water partition coefficient (Wildman–Crippen LogP) is 2.56. The fourth-order valence-electron chi connectivity index (χ4n) is 2.63. The van der Waals surface area contributed by atoms with Gasteiger partial charge in [0.15, 0.2) is 0 Å². The lowest BCUT2D eigenvalue weighted by atomic mass is 9.98. The van der Waals surface area contributed by atoms with Crippen molar-refractivity contribution in [2.24, 2.45) is 5.92 Å². The van der Waals surface area contributed by atoms with Crippen LogP contribution >= 0.6 is 11.6 Å². The summed E-state index contributed by atoms with van der Waals surface area (Å²) in [5.74, 6) is 0.213. The average molecular weight is 369 g/mol. The Morgan fingerprint density at radius 1 is 1.39 bits per heavy atom. The Balaban J connectivity index is 2.12. The molecule has 1 saturated heterocycles. The van der Waals surface area contributed by atoms with E-state index < -0.39 is 16.6 Å². The van der Waals surface area contributed by atoms with Gasteiger partial charge in [-0.1, -0.05) is 11.6 Å². The highest BCUT2D eigenvalue weighted by atomic mass is 35.5. The maximum atomic E-state index is 12.6. The maximum Gasteiger partial charge on any atom is 0.387 e. The first-order valence-corrected chi connectivity index (χ1v) is 9.05. The van der Waals surface area contributed by atoms with Crippen LogP contribution < -0.4 is 10.1 Å². The number of rotatable bonds is 6. The van der Waals surface area contributed by atoms with E-state index in [1.807, 2.05) is 7.05 Å². The van der Waals surface area contributed by atoms with Crippen molar-refractivity contribution in [3.63, 3.8) is 0 Å². The predicted molar refractivity (Wildman–Crippen MR) is 83.5 cm³/mol. The SMILES string of the molecule is CNCC1CCN(S(=O)(=O)c2ccc(OC(F)F)c(Cl)c2)CC1. The van der Waals surface area contributed by atoms with Crippen molar-refractivity contribution < 1.29 is 21.9 Å². The highest BCUT2D eigenvalue weighted by molar-refractivity contribution is 7.89. The molecular formula is C14H19ClF2N2O3S. The van der Waals surface area contributed by atoms with Crippen molar-refractivity contribution in [2.45, 2.75) is 24.3 Å². The molecule has 9 heteroatoms. The van der Waals surface area contributed by atoms with Gasteiger partial charge in [-0.05, 0) is 50.6 Å². The summed E-state index contributed by atoms with van der Waals surface area (Å²) in [6.07, 6.45) is 1.56. The molecule has 0 saturated carbocycles. The largest absolute Gasteiger partial charge is 0.433 e. The smallest absolute Gasteiger partial charge is 0.387 e. The molecule has 23 heavy (non-hydrogen) atoms. The molecule has 0 unspecified atom stereocenters. The zero-order valence-electron chi connectivity index (χ0n) is 12.6.